The van der Waals surface area contributed by atoms with Crippen LogP contribution in [0.3, 0.4) is 0 Å². The minimum atomic E-state index is -0.0688. The molecule has 1 saturated heterocycles. The largest absolute Gasteiger partial charge is 0.369 e. The molecule has 3 heteroatoms. The van der Waals surface area contributed by atoms with Gasteiger partial charge in [0.25, 0.3) is 0 Å². The summed E-state index contributed by atoms with van der Waals surface area (Å²) < 4.78 is 14.4. The van der Waals surface area contributed by atoms with Gasteiger partial charge < -0.3 is 10.2 Å². The molecule has 0 aliphatic carbocycles. The predicted molar refractivity (Wildman–Crippen MR) is 88.2 cm³/mol. The number of nitrogens with one attached hydrogen (secondary N) is 1. The van der Waals surface area contributed by atoms with Crippen LogP contribution in [0.4, 0.5) is 10.1 Å². The molecule has 0 spiro atoms. The van der Waals surface area contributed by atoms with Gasteiger partial charge in [-0.05, 0) is 55.8 Å². The van der Waals surface area contributed by atoms with Crippen LogP contribution in [0.5, 0.6) is 0 Å². The molecule has 0 aromatic heterocycles. The molecule has 1 aliphatic heterocycles. The third-order valence-electron chi connectivity index (χ3n) is 4.53. The summed E-state index contributed by atoms with van der Waals surface area (Å²) in [7, 11) is 0. The van der Waals surface area contributed by atoms with Gasteiger partial charge in [0.05, 0.1) is 5.69 Å². The molecule has 2 nitrogen and oxygen atoms in total. The number of nitrogens with zero attached hydrogens (tertiary/aromatic N) is 1. The lowest BCUT2D eigenvalue weighted by Gasteiger charge is -2.23. The van der Waals surface area contributed by atoms with Crippen molar-refractivity contribution in [1.82, 2.24) is 5.32 Å². The summed E-state index contributed by atoms with van der Waals surface area (Å²) in [6, 6.07) is 5.72. The quantitative estimate of drug-likeness (QED) is 0.785. The molecule has 0 radical (unpaired) electrons. The molecule has 21 heavy (non-hydrogen) atoms. The maximum Gasteiger partial charge on any atom is 0.146 e. The summed E-state index contributed by atoms with van der Waals surface area (Å²) in [6.45, 7) is 8.11. The number of benzene rings is 1. The lowest BCUT2D eigenvalue weighted by atomic mass is 9.98. The van der Waals surface area contributed by atoms with E-state index in [4.69, 9.17) is 0 Å². The molecule has 1 heterocycles. The van der Waals surface area contributed by atoms with Gasteiger partial charge in [-0.25, -0.2) is 4.39 Å². The second-order valence-corrected chi connectivity index (χ2v) is 6.15. The van der Waals surface area contributed by atoms with E-state index in [2.05, 4.69) is 30.1 Å². The van der Waals surface area contributed by atoms with Crippen molar-refractivity contribution in [1.29, 1.82) is 0 Å². The molecule has 1 aliphatic rings. The normalized spacial score (nSPS) is 19.6. The number of rotatable bonds is 6. The zero-order chi connectivity index (χ0) is 15.1. The monoisotopic (exact) mass is 292 g/mol. The molecule has 2 rings (SSSR count). The summed E-state index contributed by atoms with van der Waals surface area (Å²) >= 11 is 0. The van der Waals surface area contributed by atoms with Crippen LogP contribution in [0.1, 0.15) is 51.5 Å². The van der Waals surface area contributed by atoms with Crippen LogP contribution in [0, 0.1) is 11.7 Å². The van der Waals surface area contributed by atoms with E-state index in [1.54, 1.807) is 6.07 Å². The Morgan fingerprint density at radius 1 is 1.24 bits per heavy atom. The van der Waals surface area contributed by atoms with Crippen molar-refractivity contribution >= 4 is 5.69 Å². The molecule has 1 aromatic carbocycles. The molecule has 118 valence electrons. The lowest BCUT2D eigenvalue weighted by molar-refractivity contribution is 0.459. The number of hydrogen-bond donors (Lipinski definition) is 1. The van der Waals surface area contributed by atoms with Gasteiger partial charge >= 0.3 is 0 Å². The molecule has 0 amide bonds. The van der Waals surface area contributed by atoms with Crippen molar-refractivity contribution in [2.24, 2.45) is 5.92 Å². The van der Waals surface area contributed by atoms with Crippen molar-refractivity contribution in [2.75, 3.05) is 24.5 Å². The minimum Gasteiger partial charge on any atom is -0.369 e. The molecule has 1 aromatic rings. The second-order valence-electron chi connectivity index (χ2n) is 6.15. The van der Waals surface area contributed by atoms with Crippen molar-refractivity contribution in [2.45, 2.75) is 52.5 Å². The maximum absolute atomic E-state index is 14.4. The Hall–Kier alpha value is -1.09. The predicted octanol–water partition coefficient (Wildman–Crippen LogP) is 4.34. The highest BCUT2D eigenvalue weighted by atomic mass is 19.1. The number of anilines is 1. The van der Waals surface area contributed by atoms with Gasteiger partial charge in [-0.3, -0.25) is 0 Å². The van der Waals surface area contributed by atoms with Gasteiger partial charge in [0, 0.05) is 19.6 Å². The van der Waals surface area contributed by atoms with Gasteiger partial charge in [-0.15, -0.1) is 0 Å². The number of hydrogen-bond acceptors (Lipinski definition) is 2. The Morgan fingerprint density at radius 3 is 2.81 bits per heavy atom. The maximum atomic E-state index is 14.4. The molecule has 0 saturated carbocycles. The van der Waals surface area contributed by atoms with Crippen LogP contribution in [-0.4, -0.2) is 19.6 Å². The number of halogens is 1. The van der Waals surface area contributed by atoms with Gasteiger partial charge in [-0.1, -0.05) is 26.3 Å². The van der Waals surface area contributed by atoms with Crippen molar-refractivity contribution in [3.63, 3.8) is 0 Å². The Morgan fingerprint density at radius 2 is 2.10 bits per heavy atom. The Balaban J connectivity index is 1.99. The van der Waals surface area contributed by atoms with E-state index in [1.807, 2.05) is 6.07 Å². The van der Waals surface area contributed by atoms with E-state index in [9.17, 15) is 4.39 Å². The molecule has 1 unspecified atom stereocenters. The zero-order valence-corrected chi connectivity index (χ0v) is 13.5. The van der Waals surface area contributed by atoms with Gasteiger partial charge in [0.2, 0.25) is 0 Å². The first-order chi connectivity index (χ1) is 10.2. The molecular weight excluding hydrogens is 263 g/mol. The fourth-order valence-corrected chi connectivity index (χ4v) is 3.14. The molecule has 1 atom stereocenters. The minimum absolute atomic E-state index is 0.0688. The van der Waals surface area contributed by atoms with Crippen molar-refractivity contribution in [3.8, 4) is 0 Å². The first-order valence-electron chi connectivity index (χ1n) is 8.48. The van der Waals surface area contributed by atoms with E-state index in [0.717, 1.165) is 49.8 Å². The second kappa shape index (κ2) is 8.38. The lowest BCUT2D eigenvalue weighted by Crippen LogP contribution is -2.25. The van der Waals surface area contributed by atoms with Crippen LogP contribution in [0.25, 0.3) is 0 Å². The van der Waals surface area contributed by atoms with Crippen LogP contribution < -0.4 is 10.2 Å². The third-order valence-corrected chi connectivity index (χ3v) is 4.53. The third kappa shape index (κ3) is 4.70. The summed E-state index contributed by atoms with van der Waals surface area (Å²) in [5, 5.41) is 3.32. The van der Waals surface area contributed by atoms with Crippen molar-refractivity contribution in [3.05, 3.63) is 29.6 Å². The Labute approximate surface area is 128 Å². The smallest absolute Gasteiger partial charge is 0.146 e. The summed E-state index contributed by atoms with van der Waals surface area (Å²) in [6.07, 6.45) is 6.01. The molecule has 0 bridgehead atoms. The van der Waals surface area contributed by atoms with E-state index in [1.165, 1.54) is 25.7 Å². The van der Waals surface area contributed by atoms with Gasteiger partial charge in [0.1, 0.15) is 5.82 Å². The highest BCUT2D eigenvalue weighted by Crippen LogP contribution is 2.26. The fraction of sp³-hybridized carbons (Fsp3) is 0.667. The molecular formula is C18H29FN2. The summed E-state index contributed by atoms with van der Waals surface area (Å²) in [5.74, 6) is 0.747. The zero-order valence-electron chi connectivity index (χ0n) is 13.5. The highest BCUT2D eigenvalue weighted by Gasteiger charge is 2.18. The standard InChI is InChI=1S/C18H29FN2/c1-3-10-20-14-16-7-8-18(17(19)13-16)21-11-5-6-15(4-2)9-12-21/h7-8,13,15,20H,3-6,9-12,14H2,1-2H3. The SMILES string of the molecule is CCCNCc1ccc(N2CCCC(CC)CC2)c(F)c1. The van der Waals surface area contributed by atoms with Crippen LogP contribution in [-0.2, 0) is 6.54 Å². The van der Waals surface area contributed by atoms with Crippen molar-refractivity contribution < 1.29 is 4.39 Å². The average Bonchev–Trinajstić information content (AvgIpc) is 2.73. The first-order valence-corrected chi connectivity index (χ1v) is 8.48. The summed E-state index contributed by atoms with van der Waals surface area (Å²) in [4.78, 5) is 2.23. The van der Waals surface area contributed by atoms with E-state index in [0.29, 0.717) is 0 Å². The van der Waals surface area contributed by atoms with Gasteiger partial charge in [-0.2, -0.15) is 0 Å². The van der Waals surface area contributed by atoms with E-state index >= 15 is 0 Å². The van der Waals surface area contributed by atoms with Gasteiger partial charge in [0.15, 0.2) is 0 Å². The summed E-state index contributed by atoms with van der Waals surface area (Å²) in [5.41, 5.74) is 1.82. The first kappa shape index (κ1) is 16.3. The fourth-order valence-electron chi connectivity index (χ4n) is 3.14. The molecule has 1 fully saturated rings. The average molecular weight is 292 g/mol. The Kier molecular flexibility index (Phi) is 6.50. The van der Waals surface area contributed by atoms with Crippen LogP contribution in [0.2, 0.25) is 0 Å². The van der Waals surface area contributed by atoms with Crippen LogP contribution in [0.15, 0.2) is 18.2 Å². The highest BCUT2D eigenvalue weighted by molar-refractivity contribution is 5.49. The Bertz CT molecular complexity index is 433. The topological polar surface area (TPSA) is 15.3 Å². The van der Waals surface area contributed by atoms with Crippen LogP contribution >= 0.6 is 0 Å². The van der Waals surface area contributed by atoms with E-state index < -0.39 is 0 Å². The molecule has 1 N–H and O–H groups in total. The van der Waals surface area contributed by atoms with E-state index in [-0.39, 0.29) is 5.82 Å².